The van der Waals surface area contributed by atoms with Gasteiger partial charge in [-0.05, 0) is 42.7 Å². The molecule has 0 bridgehead atoms. The molecule has 170 valence electrons. The van der Waals surface area contributed by atoms with Crippen LogP contribution in [0.25, 0.3) is 0 Å². The molecule has 2 aromatic rings. The molecule has 2 aliphatic rings. The van der Waals surface area contributed by atoms with Gasteiger partial charge < -0.3 is 25.4 Å². The van der Waals surface area contributed by atoms with Crippen molar-refractivity contribution in [1.82, 2.24) is 5.32 Å². The van der Waals surface area contributed by atoms with E-state index in [1.807, 2.05) is 54.6 Å². The molecule has 7 heteroatoms. The number of carbonyl (C=O) groups excluding carboxylic acids is 2. The molecule has 0 aromatic heterocycles. The number of amides is 2. The maximum atomic E-state index is 13.3. The first-order chi connectivity index (χ1) is 15.6. The monoisotopic (exact) mass is 437 g/mol. The van der Waals surface area contributed by atoms with Crippen molar-refractivity contribution in [1.29, 1.82) is 0 Å². The number of anilines is 2. The second-order valence-corrected chi connectivity index (χ2v) is 8.50. The summed E-state index contributed by atoms with van der Waals surface area (Å²) < 4.78 is 5.38. The van der Waals surface area contributed by atoms with E-state index >= 15 is 0 Å². The van der Waals surface area contributed by atoms with E-state index < -0.39 is 24.0 Å². The Hall–Kier alpha value is -2.90. The van der Waals surface area contributed by atoms with Gasteiger partial charge in [0.1, 0.15) is 6.04 Å². The van der Waals surface area contributed by atoms with Crippen LogP contribution in [0.5, 0.6) is 0 Å². The first-order valence-corrected chi connectivity index (χ1v) is 11.3. The molecule has 1 unspecified atom stereocenters. The van der Waals surface area contributed by atoms with Crippen LogP contribution in [0.4, 0.5) is 11.4 Å². The minimum atomic E-state index is -1.01. The average molecular weight is 438 g/mol. The molecule has 32 heavy (non-hydrogen) atoms. The molecule has 1 aliphatic carbocycles. The Morgan fingerprint density at radius 3 is 2.28 bits per heavy atom. The van der Waals surface area contributed by atoms with Crippen LogP contribution >= 0.6 is 0 Å². The summed E-state index contributed by atoms with van der Waals surface area (Å²) >= 11 is 0. The van der Waals surface area contributed by atoms with E-state index in [0.717, 1.165) is 50.0 Å². The van der Waals surface area contributed by atoms with Gasteiger partial charge in [0, 0.05) is 24.5 Å². The molecular formula is C25H31N3O4. The predicted octanol–water partition coefficient (Wildman–Crippen LogP) is 2.45. The molecule has 0 radical (unpaired) electrons. The number of nitrogens with one attached hydrogen (secondary N) is 2. The zero-order valence-corrected chi connectivity index (χ0v) is 18.3. The Morgan fingerprint density at radius 2 is 1.66 bits per heavy atom. The van der Waals surface area contributed by atoms with Crippen LogP contribution < -0.4 is 15.5 Å². The van der Waals surface area contributed by atoms with E-state index in [2.05, 4.69) is 15.5 Å². The third-order valence-electron chi connectivity index (χ3n) is 6.53. The zero-order chi connectivity index (χ0) is 22.4. The van der Waals surface area contributed by atoms with Crippen LogP contribution in [0.15, 0.2) is 54.6 Å². The highest BCUT2D eigenvalue weighted by molar-refractivity contribution is 5.99. The highest BCUT2D eigenvalue weighted by Gasteiger charge is 2.43. The van der Waals surface area contributed by atoms with Gasteiger partial charge in [-0.15, -0.1) is 0 Å². The summed E-state index contributed by atoms with van der Waals surface area (Å²) in [5.41, 5.74) is 2.02. The standard InChI is InChI=1S/C25H31N3O4/c29-18-22(27-24(31)25(12-4-5-13-25)19-6-2-1-3-7-19)23(30)26-20-8-10-21(11-9-20)28-14-16-32-17-15-28/h1-3,6-11,22,29H,4-5,12-18H2,(H,26,30)(H,27,31). The summed E-state index contributed by atoms with van der Waals surface area (Å²) in [6, 6.07) is 16.3. The minimum absolute atomic E-state index is 0.196. The molecule has 2 aromatic carbocycles. The van der Waals surface area contributed by atoms with Gasteiger partial charge in [0.2, 0.25) is 11.8 Å². The summed E-state index contributed by atoms with van der Waals surface area (Å²) in [5, 5.41) is 15.5. The average Bonchev–Trinajstić information content (AvgIpc) is 3.35. The minimum Gasteiger partial charge on any atom is -0.394 e. The summed E-state index contributed by atoms with van der Waals surface area (Å²) in [6.45, 7) is 2.64. The van der Waals surface area contributed by atoms with Crippen molar-refractivity contribution in [2.24, 2.45) is 0 Å². The number of carbonyl (C=O) groups is 2. The largest absolute Gasteiger partial charge is 0.394 e. The predicted molar refractivity (Wildman–Crippen MR) is 124 cm³/mol. The highest BCUT2D eigenvalue weighted by Crippen LogP contribution is 2.41. The number of morpholine rings is 1. The number of aliphatic hydroxyl groups excluding tert-OH is 1. The molecule has 1 saturated carbocycles. The summed E-state index contributed by atoms with van der Waals surface area (Å²) in [7, 11) is 0. The van der Waals surface area contributed by atoms with Crippen molar-refractivity contribution in [3.8, 4) is 0 Å². The Kier molecular flexibility index (Phi) is 7.07. The van der Waals surface area contributed by atoms with Crippen LogP contribution in [0.1, 0.15) is 31.2 Å². The summed E-state index contributed by atoms with van der Waals surface area (Å²) in [5.74, 6) is -0.626. The van der Waals surface area contributed by atoms with E-state index in [0.29, 0.717) is 18.9 Å². The number of hydrogen-bond acceptors (Lipinski definition) is 5. The Bertz CT molecular complexity index is 905. The van der Waals surface area contributed by atoms with Crippen molar-refractivity contribution in [3.05, 3.63) is 60.2 Å². The lowest BCUT2D eigenvalue weighted by molar-refractivity contribution is -0.131. The third kappa shape index (κ3) is 4.79. The Labute approximate surface area is 188 Å². The number of benzene rings is 2. The van der Waals surface area contributed by atoms with Gasteiger partial charge >= 0.3 is 0 Å². The van der Waals surface area contributed by atoms with Crippen molar-refractivity contribution >= 4 is 23.2 Å². The normalized spacial score (nSPS) is 18.7. The molecule has 1 saturated heterocycles. The number of hydrogen-bond donors (Lipinski definition) is 3. The maximum absolute atomic E-state index is 13.3. The first-order valence-electron chi connectivity index (χ1n) is 11.3. The van der Waals surface area contributed by atoms with Crippen LogP contribution in [0, 0.1) is 0 Å². The maximum Gasteiger partial charge on any atom is 0.249 e. The van der Waals surface area contributed by atoms with Crippen molar-refractivity contribution in [2.75, 3.05) is 43.1 Å². The van der Waals surface area contributed by atoms with Crippen LogP contribution in [-0.4, -0.2) is 55.9 Å². The van der Waals surface area contributed by atoms with Gasteiger partial charge in [-0.3, -0.25) is 9.59 Å². The van der Waals surface area contributed by atoms with E-state index in [4.69, 9.17) is 4.74 Å². The zero-order valence-electron chi connectivity index (χ0n) is 18.3. The second kappa shape index (κ2) is 10.1. The molecule has 3 N–H and O–H groups in total. The van der Waals surface area contributed by atoms with Gasteiger partial charge in [-0.1, -0.05) is 43.2 Å². The van der Waals surface area contributed by atoms with Gasteiger partial charge in [0.25, 0.3) is 0 Å². The molecule has 2 amide bonds. The van der Waals surface area contributed by atoms with E-state index in [1.54, 1.807) is 0 Å². The molecule has 4 rings (SSSR count). The first kappa shape index (κ1) is 22.3. The fourth-order valence-electron chi connectivity index (χ4n) is 4.68. The molecule has 0 spiro atoms. The summed E-state index contributed by atoms with van der Waals surface area (Å²) in [4.78, 5) is 28.3. The van der Waals surface area contributed by atoms with E-state index in [1.165, 1.54) is 0 Å². The molecule has 1 atom stereocenters. The number of ether oxygens (including phenoxy) is 1. The van der Waals surface area contributed by atoms with Gasteiger partial charge in [0.05, 0.1) is 25.2 Å². The molecule has 7 nitrogen and oxygen atoms in total. The topological polar surface area (TPSA) is 90.9 Å². The number of rotatable bonds is 7. The highest BCUT2D eigenvalue weighted by atomic mass is 16.5. The Morgan fingerprint density at radius 1 is 1.00 bits per heavy atom. The van der Waals surface area contributed by atoms with Crippen molar-refractivity contribution < 1.29 is 19.4 Å². The number of aliphatic hydroxyl groups is 1. The van der Waals surface area contributed by atoms with E-state index in [9.17, 15) is 14.7 Å². The van der Waals surface area contributed by atoms with Gasteiger partial charge in [-0.2, -0.15) is 0 Å². The van der Waals surface area contributed by atoms with Crippen molar-refractivity contribution in [2.45, 2.75) is 37.1 Å². The third-order valence-corrected chi connectivity index (χ3v) is 6.53. The Balaban J connectivity index is 1.41. The lowest BCUT2D eigenvalue weighted by atomic mass is 9.78. The summed E-state index contributed by atoms with van der Waals surface area (Å²) in [6.07, 6.45) is 3.42. The molecule has 2 fully saturated rings. The second-order valence-electron chi connectivity index (χ2n) is 8.50. The van der Waals surface area contributed by atoms with E-state index in [-0.39, 0.29) is 5.91 Å². The fourth-order valence-corrected chi connectivity index (χ4v) is 4.68. The lowest BCUT2D eigenvalue weighted by Crippen LogP contribution is -2.52. The lowest BCUT2D eigenvalue weighted by Gasteiger charge is -2.30. The molecular weight excluding hydrogens is 406 g/mol. The molecule has 1 heterocycles. The SMILES string of the molecule is O=C(Nc1ccc(N2CCOCC2)cc1)C(CO)NC(=O)C1(c2ccccc2)CCCC1. The van der Waals surface area contributed by atoms with Crippen LogP contribution in [-0.2, 0) is 19.7 Å². The fraction of sp³-hybridized carbons (Fsp3) is 0.440. The van der Waals surface area contributed by atoms with Crippen LogP contribution in [0.3, 0.4) is 0 Å². The quantitative estimate of drug-likeness (QED) is 0.619. The number of nitrogens with zero attached hydrogens (tertiary/aromatic N) is 1. The van der Waals surface area contributed by atoms with Crippen LogP contribution in [0.2, 0.25) is 0 Å². The van der Waals surface area contributed by atoms with Crippen molar-refractivity contribution in [3.63, 3.8) is 0 Å². The van der Waals surface area contributed by atoms with Gasteiger partial charge in [0.15, 0.2) is 0 Å². The molecule has 1 aliphatic heterocycles. The smallest absolute Gasteiger partial charge is 0.249 e. The van der Waals surface area contributed by atoms with Gasteiger partial charge in [-0.25, -0.2) is 0 Å².